The Labute approximate surface area is 152 Å². The van der Waals surface area contributed by atoms with Gasteiger partial charge in [-0.05, 0) is 58.6 Å². The standard InChI is InChI=1S/C18H25N5O3/c1-17(2,3)26-16(25)19-10-18(4,13-6-7-13)21-15(24)12-5-8-14-22-20-11-23(14)9-12/h5,8-9,11,13H,6-7,10H2,1-4H3,(H,19,25)(H,21,24). The molecule has 140 valence electrons. The normalized spacial score (nSPS) is 16.8. The quantitative estimate of drug-likeness (QED) is 0.852. The first-order chi connectivity index (χ1) is 12.2. The summed E-state index contributed by atoms with van der Waals surface area (Å²) in [6, 6.07) is 3.46. The molecule has 0 radical (unpaired) electrons. The molecule has 0 aromatic carbocycles. The van der Waals surface area contributed by atoms with Gasteiger partial charge in [-0.1, -0.05) is 0 Å². The van der Waals surface area contributed by atoms with E-state index in [-0.39, 0.29) is 5.91 Å². The highest BCUT2D eigenvalue weighted by atomic mass is 16.6. The van der Waals surface area contributed by atoms with Gasteiger partial charge < -0.3 is 15.4 Å². The first-order valence-corrected chi connectivity index (χ1v) is 8.75. The number of nitrogens with zero attached hydrogens (tertiary/aromatic N) is 3. The Balaban J connectivity index is 1.67. The van der Waals surface area contributed by atoms with E-state index in [2.05, 4.69) is 20.8 Å². The second-order valence-corrected chi connectivity index (χ2v) is 8.02. The molecule has 0 bridgehead atoms. The fourth-order valence-corrected chi connectivity index (χ4v) is 2.87. The Morgan fingerprint density at radius 1 is 1.27 bits per heavy atom. The number of alkyl carbamates (subject to hydrolysis) is 1. The summed E-state index contributed by atoms with van der Waals surface area (Å²) < 4.78 is 6.98. The molecule has 0 saturated heterocycles. The highest BCUT2D eigenvalue weighted by Crippen LogP contribution is 2.39. The summed E-state index contributed by atoms with van der Waals surface area (Å²) in [6.07, 6.45) is 4.81. The summed E-state index contributed by atoms with van der Waals surface area (Å²) in [6.45, 7) is 7.71. The average molecular weight is 359 g/mol. The topological polar surface area (TPSA) is 97.6 Å². The van der Waals surface area contributed by atoms with E-state index in [1.807, 2.05) is 27.7 Å². The third kappa shape index (κ3) is 4.30. The number of rotatable bonds is 5. The van der Waals surface area contributed by atoms with Crippen molar-refractivity contribution in [2.24, 2.45) is 5.92 Å². The molecule has 2 aromatic heterocycles. The molecule has 1 aliphatic carbocycles. The minimum Gasteiger partial charge on any atom is -0.444 e. The molecule has 0 aliphatic heterocycles. The van der Waals surface area contributed by atoms with Crippen molar-refractivity contribution in [1.82, 2.24) is 25.2 Å². The lowest BCUT2D eigenvalue weighted by molar-refractivity contribution is 0.0502. The number of carbonyl (C=O) groups excluding carboxylic acids is 2. The largest absolute Gasteiger partial charge is 0.444 e. The van der Waals surface area contributed by atoms with Crippen LogP contribution in [-0.2, 0) is 4.74 Å². The van der Waals surface area contributed by atoms with E-state index >= 15 is 0 Å². The SMILES string of the molecule is CC(C)(C)OC(=O)NCC(C)(NC(=O)c1ccc2nncn2c1)C1CC1. The third-order valence-corrected chi connectivity index (χ3v) is 4.43. The summed E-state index contributed by atoms with van der Waals surface area (Å²) in [5.74, 6) is 0.140. The second kappa shape index (κ2) is 6.59. The summed E-state index contributed by atoms with van der Waals surface area (Å²) in [5.41, 5.74) is 0.104. The lowest BCUT2D eigenvalue weighted by Gasteiger charge is -2.32. The summed E-state index contributed by atoms with van der Waals surface area (Å²) in [4.78, 5) is 24.7. The average Bonchev–Trinajstić information content (AvgIpc) is 3.30. The van der Waals surface area contributed by atoms with Crippen LogP contribution in [0.4, 0.5) is 4.79 Å². The minimum absolute atomic E-state index is 0.194. The number of carbonyl (C=O) groups is 2. The van der Waals surface area contributed by atoms with E-state index in [1.165, 1.54) is 0 Å². The van der Waals surface area contributed by atoms with Gasteiger partial charge in [0.1, 0.15) is 11.9 Å². The Hall–Kier alpha value is -2.64. The molecule has 0 spiro atoms. The zero-order chi connectivity index (χ0) is 18.9. The highest BCUT2D eigenvalue weighted by Gasteiger charge is 2.43. The van der Waals surface area contributed by atoms with Crippen LogP contribution in [0.5, 0.6) is 0 Å². The molecule has 2 aromatic rings. The van der Waals surface area contributed by atoms with Crippen LogP contribution in [0.25, 0.3) is 5.65 Å². The monoisotopic (exact) mass is 359 g/mol. The maximum atomic E-state index is 12.7. The van der Waals surface area contributed by atoms with Crippen LogP contribution in [0.15, 0.2) is 24.7 Å². The first kappa shape index (κ1) is 18.2. The molecule has 2 amide bonds. The van der Waals surface area contributed by atoms with Crippen LogP contribution in [0.3, 0.4) is 0 Å². The van der Waals surface area contributed by atoms with Crippen molar-refractivity contribution < 1.29 is 14.3 Å². The highest BCUT2D eigenvalue weighted by molar-refractivity contribution is 5.94. The van der Waals surface area contributed by atoms with Crippen molar-refractivity contribution >= 4 is 17.6 Å². The molecule has 1 unspecified atom stereocenters. The van der Waals surface area contributed by atoms with Crippen LogP contribution in [0, 0.1) is 5.92 Å². The number of nitrogens with one attached hydrogen (secondary N) is 2. The zero-order valence-corrected chi connectivity index (χ0v) is 15.6. The summed E-state index contributed by atoms with van der Waals surface area (Å²) in [7, 11) is 0. The Morgan fingerprint density at radius 3 is 2.65 bits per heavy atom. The molecule has 1 atom stereocenters. The number of aromatic nitrogens is 3. The van der Waals surface area contributed by atoms with Gasteiger partial charge in [0.05, 0.1) is 11.1 Å². The minimum atomic E-state index is -0.558. The van der Waals surface area contributed by atoms with E-state index in [4.69, 9.17) is 4.74 Å². The number of amides is 2. The van der Waals surface area contributed by atoms with Crippen LogP contribution in [0.1, 0.15) is 50.9 Å². The second-order valence-electron chi connectivity index (χ2n) is 8.02. The molecule has 1 fully saturated rings. The molecule has 1 saturated carbocycles. The Bertz CT molecular complexity index is 822. The van der Waals surface area contributed by atoms with Crippen molar-refractivity contribution in [1.29, 1.82) is 0 Å². The van der Waals surface area contributed by atoms with Crippen LogP contribution in [-0.4, -0.2) is 44.3 Å². The van der Waals surface area contributed by atoms with Crippen molar-refractivity contribution in [2.45, 2.75) is 51.7 Å². The van der Waals surface area contributed by atoms with Crippen LogP contribution >= 0.6 is 0 Å². The maximum absolute atomic E-state index is 12.7. The van der Waals surface area contributed by atoms with Crippen molar-refractivity contribution in [3.63, 3.8) is 0 Å². The third-order valence-electron chi connectivity index (χ3n) is 4.43. The predicted molar refractivity (Wildman–Crippen MR) is 95.8 cm³/mol. The molecular weight excluding hydrogens is 334 g/mol. The van der Waals surface area contributed by atoms with Crippen molar-refractivity contribution in [2.75, 3.05) is 6.54 Å². The number of hydrogen-bond acceptors (Lipinski definition) is 5. The smallest absolute Gasteiger partial charge is 0.407 e. The fraction of sp³-hybridized carbons (Fsp3) is 0.556. The predicted octanol–water partition coefficient (Wildman–Crippen LogP) is 2.15. The molecule has 8 nitrogen and oxygen atoms in total. The zero-order valence-electron chi connectivity index (χ0n) is 15.6. The maximum Gasteiger partial charge on any atom is 0.407 e. The van der Waals surface area contributed by atoms with E-state index in [0.29, 0.717) is 23.7 Å². The van der Waals surface area contributed by atoms with Gasteiger partial charge in [0, 0.05) is 12.7 Å². The lowest BCUT2D eigenvalue weighted by atomic mass is 9.95. The van der Waals surface area contributed by atoms with Gasteiger partial charge in [-0.2, -0.15) is 0 Å². The number of fused-ring (bicyclic) bond motifs is 1. The number of ether oxygens (including phenoxy) is 1. The number of hydrogen-bond donors (Lipinski definition) is 2. The first-order valence-electron chi connectivity index (χ1n) is 8.75. The molecule has 2 N–H and O–H groups in total. The van der Waals surface area contributed by atoms with Crippen LogP contribution < -0.4 is 10.6 Å². The lowest BCUT2D eigenvalue weighted by Crippen LogP contribution is -2.55. The van der Waals surface area contributed by atoms with E-state index < -0.39 is 17.2 Å². The van der Waals surface area contributed by atoms with Gasteiger partial charge >= 0.3 is 6.09 Å². The molecular formula is C18H25N5O3. The molecule has 8 heteroatoms. The van der Waals surface area contributed by atoms with Gasteiger partial charge in [-0.3, -0.25) is 9.20 Å². The number of pyridine rings is 1. The van der Waals surface area contributed by atoms with Gasteiger partial charge in [0.15, 0.2) is 5.65 Å². The fourth-order valence-electron chi connectivity index (χ4n) is 2.87. The van der Waals surface area contributed by atoms with Gasteiger partial charge in [-0.25, -0.2) is 4.79 Å². The van der Waals surface area contributed by atoms with Crippen LogP contribution in [0.2, 0.25) is 0 Å². The van der Waals surface area contributed by atoms with E-state index in [9.17, 15) is 9.59 Å². The van der Waals surface area contributed by atoms with Gasteiger partial charge in [0.2, 0.25) is 0 Å². The van der Waals surface area contributed by atoms with Crippen molar-refractivity contribution in [3.05, 3.63) is 30.2 Å². The molecule has 2 heterocycles. The summed E-state index contributed by atoms with van der Waals surface area (Å²) in [5, 5.41) is 13.6. The van der Waals surface area contributed by atoms with E-state index in [1.54, 1.807) is 29.1 Å². The van der Waals surface area contributed by atoms with Crippen molar-refractivity contribution in [3.8, 4) is 0 Å². The van der Waals surface area contributed by atoms with E-state index in [0.717, 1.165) is 12.8 Å². The Morgan fingerprint density at radius 2 is 2.00 bits per heavy atom. The molecule has 1 aliphatic rings. The molecule has 3 rings (SSSR count). The van der Waals surface area contributed by atoms with Gasteiger partial charge in [0.25, 0.3) is 5.91 Å². The summed E-state index contributed by atoms with van der Waals surface area (Å²) >= 11 is 0. The van der Waals surface area contributed by atoms with Gasteiger partial charge in [-0.15, -0.1) is 10.2 Å². The Kier molecular flexibility index (Phi) is 4.60. The molecule has 26 heavy (non-hydrogen) atoms.